The van der Waals surface area contributed by atoms with Crippen LogP contribution < -0.4 is 10.6 Å². The Bertz CT molecular complexity index is 1420. The topological polar surface area (TPSA) is 126 Å². The van der Waals surface area contributed by atoms with Gasteiger partial charge in [0.2, 0.25) is 5.91 Å². The zero-order valence-electron chi connectivity index (χ0n) is 19.9. The molecule has 9 nitrogen and oxygen atoms in total. The summed E-state index contributed by atoms with van der Waals surface area (Å²) in [6, 6.07) is 18.5. The first-order valence-corrected chi connectivity index (χ1v) is 11.0. The molecule has 196 valence electrons. The quantitative estimate of drug-likeness (QED) is 0.337. The highest BCUT2D eigenvalue weighted by atomic mass is 19.4. The van der Waals surface area contributed by atoms with Gasteiger partial charge in [0.1, 0.15) is 0 Å². The molecule has 2 heterocycles. The molecule has 2 aromatic carbocycles. The number of aryl methyl sites for hydroxylation is 1. The van der Waals surface area contributed by atoms with Crippen LogP contribution in [0.25, 0.3) is 5.69 Å². The van der Waals surface area contributed by atoms with E-state index in [0.717, 1.165) is 11.1 Å². The number of halogens is 3. The van der Waals surface area contributed by atoms with E-state index in [-0.39, 0.29) is 18.2 Å². The summed E-state index contributed by atoms with van der Waals surface area (Å²) in [6.07, 6.45) is 1.82. The van der Waals surface area contributed by atoms with Crippen molar-refractivity contribution in [1.82, 2.24) is 14.8 Å². The van der Waals surface area contributed by atoms with Crippen LogP contribution in [0.3, 0.4) is 0 Å². The van der Waals surface area contributed by atoms with E-state index in [2.05, 4.69) is 20.7 Å². The van der Waals surface area contributed by atoms with E-state index >= 15 is 0 Å². The zero-order chi connectivity index (χ0) is 27.7. The summed E-state index contributed by atoms with van der Waals surface area (Å²) in [5.74, 6) is -3.11. The smallest absolute Gasteiger partial charge is 0.475 e. The molecule has 3 N–H and O–H groups in total. The molecule has 0 saturated heterocycles. The first kappa shape index (κ1) is 27.6. The van der Waals surface area contributed by atoms with Gasteiger partial charge in [0.25, 0.3) is 5.91 Å². The molecule has 0 atom stereocenters. The van der Waals surface area contributed by atoms with Crippen molar-refractivity contribution in [3.05, 3.63) is 102 Å². The Morgan fingerprint density at radius 1 is 0.921 bits per heavy atom. The Morgan fingerprint density at radius 2 is 1.63 bits per heavy atom. The lowest BCUT2D eigenvalue weighted by atomic mass is 10.1. The molecule has 0 aliphatic heterocycles. The molecular weight excluding hydrogens is 503 g/mol. The van der Waals surface area contributed by atoms with Gasteiger partial charge in [-0.25, -0.2) is 9.48 Å². The molecule has 0 aliphatic rings. The molecule has 12 heteroatoms. The SMILES string of the molecule is Cc1cncc(NC(=O)c2cccc(-n3cc(NC(=O)Cc4ccccc4)cn3)c2)c1.O=C(O)C(F)(F)F. The molecule has 38 heavy (non-hydrogen) atoms. The third-order valence-corrected chi connectivity index (χ3v) is 4.82. The number of alkyl halides is 3. The summed E-state index contributed by atoms with van der Waals surface area (Å²) in [5.41, 5.74) is 4.32. The molecule has 4 rings (SSSR count). The molecule has 0 radical (unpaired) electrons. The molecule has 0 aliphatic carbocycles. The van der Waals surface area contributed by atoms with E-state index < -0.39 is 12.1 Å². The summed E-state index contributed by atoms with van der Waals surface area (Å²) >= 11 is 0. The van der Waals surface area contributed by atoms with Gasteiger partial charge in [0.05, 0.1) is 42.1 Å². The average Bonchev–Trinajstić information content (AvgIpc) is 3.33. The zero-order valence-corrected chi connectivity index (χ0v) is 19.9. The van der Waals surface area contributed by atoms with Gasteiger partial charge in [0, 0.05) is 11.8 Å². The number of carbonyl (C=O) groups is 3. The Hall–Kier alpha value is -5.00. The maximum atomic E-state index is 12.6. The second kappa shape index (κ2) is 12.3. The van der Waals surface area contributed by atoms with Gasteiger partial charge in [-0.05, 0) is 42.3 Å². The van der Waals surface area contributed by atoms with Gasteiger partial charge in [-0.1, -0.05) is 36.4 Å². The summed E-state index contributed by atoms with van der Waals surface area (Å²) in [4.78, 5) is 37.9. The van der Waals surface area contributed by atoms with Gasteiger partial charge < -0.3 is 15.7 Å². The maximum Gasteiger partial charge on any atom is 0.490 e. The molecular formula is C26H22F3N5O4. The monoisotopic (exact) mass is 525 g/mol. The third-order valence-electron chi connectivity index (χ3n) is 4.82. The summed E-state index contributed by atoms with van der Waals surface area (Å²) in [6.45, 7) is 1.91. The van der Waals surface area contributed by atoms with E-state index in [1.807, 2.05) is 49.4 Å². The number of hydrogen-bond donors (Lipinski definition) is 3. The van der Waals surface area contributed by atoms with Crippen molar-refractivity contribution in [2.45, 2.75) is 19.5 Å². The van der Waals surface area contributed by atoms with E-state index in [1.54, 1.807) is 47.7 Å². The number of benzene rings is 2. The van der Waals surface area contributed by atoms with E-state index in [4.69, 9.17) is 9.90 Å². The Kier molecular flexibility index (Phi) is 8.93. The number of anilines is 2. The molecule has 0 unspecified atom stereocenters. The summed E-state index contributed by atoms with van der Waals surface area (Å²) < 4.78 is 33.4. The predicted octanol–water partition coefficient (Wildman–Crippen LogP) is 4.64. The number of carboxylic acid groups (broad SMARTS) is 1. The lowest BCUT2D eigenvalue weighted by Crippen LogP contribution is -2.21. The van der Waals surface area contributed by atoms with Gasteiger partial charge in [0.15, 0.2) is 0 Å². The lowest BCUT2D eigenvalue weighted by molar-refractivity contribution is -0.192. The van der Waals surface area contributed by atoms with Crippen LogP contribution in [0, 0.1) is 6.92 Å². The second-order valence-corrected chi connectivity index (χ2v) is 7.94. The van der Waals surface area contributed by atoms with Crippen LogP contribution in [0.4, 0.5) is 24.5 Å². The number of carboxylic acids is 1. The first-order valence-electron chi connectivity index (χ1n) is 11.0. The van der Waals surface area contributed by atoms with Gasteiger partial charge >= 0.3 is 12.1 Å². The minimum Gasteiger partial charge on any atom is -0.475 e. The van der Waals surface area contributed by atoms with Crippen LogP contribution in [0.1, 0.15) is 21.5 Å². The molecule has 2 aromatic heterocycles. The number of carbonyl (C=O) groups excluding carboxylic acids is 2. The molecule has 0 saturated carbocycles. The predicted molar refractivity (Wildman–Crippen MR) is 133 cm³/mol. The van der Waals surface area contributed by atoms with Crippen LogP contribution in [0.2, 0.25) is 0 Å². The molecule has 0 fully saturated rings. The highest BCUT2D eigenvalue weighted by Crippen LogP contribution is 2.16. The largest absolute Gasteiger partial charge is 0.490 e. The van der Waals surface area contributed by atoms with Crippen molar-refractivity contribution in [2.75, 3.05) is 10.6 Å². The fourth-order valence-electron chi connectivity index (χ4n) is 3.13. The van der Waals surface area contributed by atoms with Gasteiger partial charge in [-0.2, -0.15) is 18.3 Å². The number of hydrogen-bond acceptors (Lipinski definition) is 5. The normalized spacial score (nSPS) is 10.6. The van der Waals surface area contributed by atoms with Crippen LogP contribution in [0.15, 0.2) is 85.5 Å². The minimum absolute atomic E-state index is 0.120. The molecule has 4 aromatic rings. The Balaban J connectivity index is 0.000000505. The number of aromatic nitrogens is 3. The second-order valence-electron chi connectivity index (χ2n) is 7.94. The number of aliphatic carboxylic acids is 1. The fraction of sp³-hybridized carbons (Fsp3) is 0.115. The van der Waals surface area contributed by atoms with Crippen molar-refractivity contribution in [3.8, 4) is 5.69 Å². The fourth-order valence-corrected chi connectivity index (χ4v) is 3.13. The van der Waals surface area contributed by atoms with E-state index in [0.29, 0.717) is 22.6 Å². The number of nitrogens with zero attached hydrogens (tertiary/aromatic N) is 3. The third kappa shape index (κ3) is 8.29. The number of amides is 2. The Labute approximate surface area is 215 Å². The van der Waals surface area contributed by atoms with E-state index in [1.165, 1.54) is 0 Å². The number of pyridine rings is 1. The standard InChI is InChI=1S/C24H21N5O2.C2HF3O2/c1-17-10-20(14-25-13-17)28-24(31)19-8-5-9-22(12-19)29-16-21(15-26-29)27-23(30)11-18-6-3-2-4-7-18;3-2(4,5)1(6)7/h2-10,12-16H,11H2,1H3,(H,27,30)(H,28,31);(H,6,7). The Morgan fingerprint density at radius 3 is 2.29 bits per heavy atom. The van der Waals surface area contributed by atoms with Gasteiger partial charge in [-0.3, -0.25) is 14.6 Å². The highest BCUT2D eigenvalue weighted by molar-refractivity contribution is 6.04. The van der Waals surface area contributed by atoms with Crippen LogP contribution >= 0.6 is 0 Å². The highest BCUT2D eigenvalue weighted by Gasteiger charge is 2.38. The molecule has 2 amide bonds. The maximum absolute atomic E-state index is 12.6. The lowest BCUT2D eigenvalue weighted by Gasteiger charge is -2.07. The molecule has 0 bridgehead atoms. The van der Waals surface area contributed by atoms with Crippen LogP contribution in [0.5, 0.6) is 0 Å². The van der Waals surface area contributed by atoms with Crippen molar-refractivity contribution in [3.63, 3.8) is 0 Å². The van der Waals surface area contributed by atoms with E-state index in [9.17, 15) is 22.8 Å². The van der Waals surface area contributed by atoms with Crippen molar-refractivity contribution in [2.24, 2.45) is 0 Å². The van der Waals surface area contributed by atoms with Crippen LogP contribution in [-0.2, 0) is 16.0 Å². The van der Waals surface area contributed by atoms with Crippen molar-refractivity contribution in [1.29, 1.82) is 0 Å². The van der Waals surface area contributed by atoms with Gasteiger partial charge in [-0.15, -0.1) is 0 Å². The first-order chi connectivity index (χ1) is 18.0. The number of rotatable bonds is 6. The van der Waals surface area contributed by atoms with Crippen molar-refractivity contribution >= 4 is 29.2 Å². The summed E-state index contributed by atoms with van der Waals surface area (Å²) in [5, 5.41) is 17.1. The average molecular weight is 525 g/mol. The number of nitrogens with one attached hydrogen (secondary N) is 2. The minimum atomic E-state index is -5.08. The van der Waals surface area contributed by atoms with Crippen molar-refractivity contribution < 1.29 is 32.7 Å². The molecule has 0 spiro atoms. The summed E-state index contributed by atoms with van der Waals surface area (Å²) in [7, 11) is 0. The van der Waals surface area contributed by atoms with Crippen LogP contribution in [-0.4, -0.2) is 43.8 Å².